The van der Waals surface area contributed by atoms with Crippen molar-refractivity contribution in [3.63, 3.8) is 0 Å². The quantitative estimate of drug-likeness (QED) is 0.810. The van der Waals surface area contributed by atoms with Crippen molar-refractivity contribution >= 4 is 23.7 Å². The Morgan fingerprint density at radius 2 is 1.74 bits per heavy atom. The average Bonchev–Trinajstić information content (AvgIpc) is 2.45. The standard InChI is InChI=1S/C16H22N2O5/c1-16(2,3)23-15(21)18-12(10-13(19)22-4)14(20)17-11-8-6-5-7-9-11/h5-9,12H,10H2,1-4H3,(H,17,20)(H,18,21)/t12-/m0/s1. The van der Waals surface area contributed by atoms with Crippen LogP contribution in [-0.4, -0.2) is 36.7 Å². The fourth-order valence-electron chi connectivity index (χ4n) is 1.66. The first-order valence-corrected chi connectivity index (χ1v) is 7.13. The van der Waals surface area contributed by atoms with Crippen LogP contribution in [0.4, 0.5) is 10.5 Å². The fourth-order valence-corrected chi connectivity index (χ4v) is 1.66. The monoisotopic (exact) mass is 322 g/mol. The minimum atomic E-state index is -1.10. The van der Waals surface area contributed by atoms with Crippen LogP contribution in [0.3, 0.4) is 0 Å². The highest BCUT2D eigenvalue weighted by atomic mass is 16.6. The lowest BCUT2D eigenvalue weighted by atomic mass is 10.2. The number of carbonyl (C=O) groups excluding carboxylic acids is 3. The summed E-state index contributed by atoms with van der Waals surface area (Å²) >= 11 is 0. The number of amides is 2. The molecule has 1 aromatic rings. The molecule has 2 amide bonds. The van der Waals surface area contributed by atoms with Crippen molar-refractivity contribution in [2.24, 2.45) is 0 Å². The Kier molecular flexibility index (Phi) is 6.56. The number of methoxy groups -OCH3 is 1. The van der Waals surface area contributed by atoms with E-state index in [9.17, 15) is 14.4 Å². The number of ether oxygens (including phenoxy) is 2. The predicted molar refractivity (Wildman–Crippen MR) is 84.9 cm³/mol. The van der Waals surface area contributed by atoms with Crippen LogP contribution < -0.4 is 10.6 Å². The molecular weight excluding hydrogens is 300 g/mol. The van der Waals surface area contributed by atoms with Crippen LogP contribution in [0.5, 0.6) is 0 Å². The van der Waals surface area contributed by atoms with Gasteiger partial charge in [-0.2, -0.15) is 0 Å². The maximum Gasteiger partial charge on any atom is 0.408 e. The van der Waals surface area contributed by atoms with Gasteiger partial charge < -0.3 is 20.1 Å². The highest BCUT2D eigenvalue weighted by Crippen LogP contribution is 2.09. The van der Waals surface area contributed by atoms with Crippen LogP contribution in [0.25, 0.3) is 0 Å². The lowest BCUT2D eigenvalue weighted by Crippen LogP contribution is -2.47. The summed E-state index contributed by atoms with van der Waals surface area (Å²) in [6.07, 6.45) is -1.08. The predicted octanol–water partition coefficient (Wildman–Crippen LogP) is 2.08. The van der Waals surface area contributed by atoms with Crippen molar-refractivity contribution in [2.75, 3.05) is 12.4 Å². The molecule has 0 unspecified atom stereocenters. The topological polar surface area (TPSA) is 93.7 Å². The largest absolute Gasteiger partial charge is 0.469 e. The number of alkyl carbamates (subject to hydrolysis) is 1. The lowest BCUT2D eigenvalue weighted by molar-refractivity contribution is -0.142. The molecule has 2 N–H and O–H groups in total. The summed E-state index contributed by atoms with van der Waals surface area (Å²) in [6.45, 7) is 5.10. The first-order valence-electron chi connectivity index (χ1n) is 7.13. The van der Waals surface area contributed by atoms with Gasteiger partial charge in [0.1, 0.15) is 11.6 Å². The number of carbonyl (C=O) groups is 3. The molecule has 1 atom stereocenters. The summed E-state index contributed by atoms with van der Waals surface area (Å²) < 4.78 is 9.65. The zero-order chi connectivity index (χ0) is 17.5. The minimum absolute atomic E-state index is 0.297. The summed E-state index contributed by atoms with van der Waals surface area (Å²) in [5, 5.41) is 5.01. The Balaban J connectivity index is 2.76. The second kappa shape index (κ2) is 8.17. The van der Waals surface area contributed by atoms with Crippen LogP contribution in [0.2, 0.25) is 0 Å². The van der Waals surface area contributed by atoms with E-state index in [4.69, 9.17) is 4.74 Å². The Bertz CT molecular complexity index is 551. The molecule has 126 valence electrons. The van der Waals surface area contributed by atoms with Crippen molar-refractivity contribution in [2.45, 2.75) is 38.8 Å². The minimum Gasteiger partial charge on any atom is -0.469 e. The van der Waals surface area contributed by atoms with Gasteiger partial charge in [-0.25, -0.2) is 4.79 Å². The molecule has 0 aliphatic rings. The summed E-state index contributed by atoms with van der Waals surface area (Å²) in [6, 6.07) is 7.61. The van der Waals surface area contributed by atoms with Crippen molar-refractivity contribution < 1.29 is 23.9 Å². The van der Waals surface area contributed by atoms with Crippen molar-refractivity contribution in [1.29, 1.82) is 0 Å². The third-order valence-corrected chi connectivity index (χ3v) is 2.65. The zero-order valence-corrected chi connectivity index (χ0v) is 13.7. The molecule has 7 nitrogen and oxygen atoms in total. The first kappa shape index (κ1) is 18.5. The number of para-hydroxylation sites is 1. The number of hydrogen-bond acceptors (Lipinski definition) is 5. The number of esters is 1. The average molecular weight is 322 g/mol. The fraction of sp³-hybridized carbons (Fsp3) is 0.438. The van der Waals surface area contributed by atoms with Gasteiger partial charge in [0.25, 0.3) is 0 Å². The van der Waals surface area contributed by atoms with Gasteiger partial charge in [-0.1, -0.05) is 18.2 Å². The molecule has 7 heteroatoms. The third kappa shape index (κ3) is 7.30. The third-order valence-electron chi connectivity index (χ3n) is 2.65. The normalized spacial score (nSPS) is 12.0. The summed E-state index contributed by atoms with van der Waals surface area (Å²) in [4.78, 5) is 35.6. The molecule has 0 aliphatic heterocycles. The molecule has 0 spiro atoms. The van der Waals surface area contributed by atoms with Crippen molar-refractivity contribution in [3.05, 3.63) is 30.3 Å². The first-order chi connectivity index (χ1) is 10.7. The Labute approximate surface area is 135 Å². The summed E-state index contributed by atoms with van der Waals surface area (Å²) in [7, 11) is 1.21. The molecule has 0 radical (unpaired) electrons. The molecule has 0 heterocycles. The van der Waals surface area contributed by atoms with E-state index in [0.29, 0.717) is 5.69 Å². The van der Waals surface area contributed by atoms with Crippen LogP contribution in [0, 0.1) is 0 Å². The van der Waals surface area contributed by atoms with Gasteiger partial charge in [-0.05, 0) is 32.9 Å². The molecule has 0 bridgehead atoms. The molecule has 23 heavy (non-hydrogen) atoms. The molecule has 0 aliphatic carbocycles. The molecule has 1 aromatic carbocycles. The Hall–Kier alpha value is -2.57. The number of anilines is 1. The summed E-state index contributed by atoms with van der Waals surface area (Å²) in [5.41, 5.74) is -0.158. The number of nitrogens with one attached hydrogen (secondary N) is 2. The highest BCUT2D eigenvalue weighted by Gasteiger charge is 2.27. The van der Waals surface area contributed by atoms with Gasteiger partial charge in [0, 0.05) is 5.69 Å². The summed E-state index contributed by atoms with van der Waals surface area (Å²) in [5.74, 6) is -1.15. The van der Waals surface area contributed by atoms with E-state index >= 15 is 0 Å². The van der Waals surface area contributed by atoms with Gasteiger partial charge in [0.2, 0.25) is 5.91 Å². The maximum absolute atomic E-state index is 12.3. The van der Waals surface area contributed by atoms with Crippen molar-refractivity contribution in [1.82, 2.24) is 5.32 Å². The smallest absolute Gasteiger partial charge is 0.408 e. The Morgan fingerprint density at radius 1 is 1.13 bits per heavy atom. The van der Waals surface area contributed by atoms with Crippen molar-refractivity contribution in [3.8, 4) is 0 Å². The van der Waals surface area contributed by atoms with Gasteiger partial charge >= 0.3 is 12.1 Å². The van der Waals surface area contributed by atoms with Crippen LogP contribution in [-0.2, 0) is 19.1 Å². The molecule has 0 aromatic heterocycles. The maximum atomic E-state index is 12.3. The second-order valence-corrected chi connectivity index (χ2v) is 5.83. The number of hydrogen-bond donors (Lipinski definition) is 2. The van der Waals surface area contributed by atoms with Crippen LogP contribution in [0.15, 0.2) is 30.3 Å². The van der Waals surface area contributed by atoms with Crippen LogP contribution in [0.1, 0.15) is 27.2 Å². The Morgan fingerprint density at radius 3 is 2.26 bits per heavy atom. The van der Waals surface area contributed by atoms with E-state index in [0.717, 1.165) is 0 Å². The van der Waals surface area contributed by atoms with Gasteiger partial charge in [-0.15, -0.1) is 0 Å². The van der Waals surface area contributed by atoms with E-state index < -0.39 is 29.6 Å². The molecular formula is C16H22N2O5. The number of rotatable bonds is 5. The SMILES string of the molecule is COC(=O)C[C@H](NC(=O)OC(C)(C)C)C(=O)Nc1ccccc1. The number of benzene rings is 1. The van der Waals surface area contributed by atoms with E-state index in [2.05, 4.69) is 15.4 Å². The van der Waals surface area contributed by atoms with Crippen LogP contribution >= 0.6 is 0 Å². The zero-order valence-electron chi connectivity index (χ0n) is 13.7. The molecule has 1 rings (SSSR count). The van der Waals surface area contributed by atoms with E-state index in [1.165, 1.54) is 7.11 Å². The van der Waals surface area contributed by atoms with Gasteiger partial charge in [0.05, 0.1) is 13.5 Å². The molecule has 0 saturated carbocycles. The highest BCUT2D eigenvalue weighted by molar-refractivity contribution is 5.98. The van der Waals surface area contributed by atoms with E-state index in [-0.39, 0.29) is 6.42 Å². The van der Waals surface area contributed by atoms with E-state index in [1.807, 2.05) is 0 Å². The molecule has 0 fully saturated rings. The van der Waals surface area contributed by atoms with Gasteiger partial charge in [0.15, 0.2) is 0 Å². The van der Waals surface area contributed by atoms with E-state index in [1.54, 1.807) is 51.1 Å². The second-order valence-electron chi connectivity index (χ2n) is 5.83. The lowest BCUT2D eigenvalue weighted by Gasteiger charge is -2.23. The molecule has 0 saturated heterocycles. The van der Waals surface area contributed by atoms with Gasteiger partial charge in [-0.3, -0.25) is 9.59 Å².